The molecule has 1 atom stereocenters. The molecule has 0 aliphatic heterocycles. The number of allylic oxidation sites excluding steroid dienone is 10. The number of rotatable bonds is 56. The average Bonchev–Trinajstić information content (AvgIpc) is 3.37. The molecule has 0 rings (SSSR count). The molecule has 0 aromatic rings. The van der Waals surface area contributed by atoms with Gasteiger partial charge in [0.15, 0.2) is 6.10 Å². The van der Waals surface area contributed by atoms with E-state index in [0.29, 0.717) is 19.3 Å². The second-order valence-electron chi connectivity index (χ2n) is 20.6. The Labute approximate surface area is 440 Å². The highest BCUT2D eigenvalue weighted by atomic mass is 16.6. The van der Waals surface area contributed by atoms with Crippen LogP contribution in [0.15, 0.2) is 60.8 Å². The Balaban J connectivity index is 4.36. The minimum Gasteiger partial charge on any atom is -0.462 e. The molecule has 0 aliphatic rings. The molecular formula is C65H116O6. The van der Waals surface area contributed by atoms with Gasteiger partial charge in [0, 0.05) is 19.3 Å². The van der Waals surface area contributed by atoms with Gasteiger partial charge >= 0.3 is 17.9 Å². The van der Waals surface area contributed by atoms with Crippen LogP contribution < -0.4 is 0 Å². The van der Waals surface area contributed by atoms with Gasteiger partial charge in [0.1, 0.15) is 13.2 Å². The molecule has 0 heterocycles. The van der Waals surface area contributed by atoms with Crippen molar-refractivity contribution in [3.8, 4) is 0 Å². The van der Waals surface area contributed by atoms with Crippen LogP contribution in [0.25, 0.3) is 0 Å². The smallest absolute Gasteiger partial charge is 0.306 e. The van der Waals surface area contributed by atoms with Crippen molar-refractivity contribution >= 4 is 17.9 Å². The van der Waals surface area contributed by atoms with Gasteiger partial charge in [-0.25, -0.2) is 0 Å². The van der Waals surface area contributed by atoms with Crippen molar-refractivity contribution in [2.75, 3.05) is 13.2 Å². The maximum Gasteiger partial charge on any atom is 0.306 e. The third kappa shape index (κ3) is 57.9. The van der Waals surface area contributed by atoms with E-state index < -0.39 is 6.10 Å². The molecule has 6 nitrogen and oxygen atoms in total. The van der Waals surface area contributed by atoms with E-state index in [-0.39, 0.29) is 31.1 Å². The van der Waals surface area contributed by atoms with E-state index in [1.165, 1.54) is 193 Å². The van der Waals surface area contributed by atoms with Gasteiger partial charge in [0.2, 0.25) is 0 Å². The lowest BCUT2D eigenvalue weighted by atomic mass is 10.0. The van der Waals surface area contributed by atoms with Crippen LogP contribution in [0.1, 0.15) is 316 Å². The highest BCUT2D eigenvalue weighted by Gasteiger charge is 2.19. The summed E-state index contributed by atoms with van der Waals surface area (Å²) in [6, 6.07) is 0. The third-order valence-electron chi connectivity index (χ3n) is 13.5. The first-order chi connectivity index (χ1) is 35.0. The highest BCUT2D eigenvalue weighted by Crippen LogP contribution is 2.17. The molecular weight excluding hydrogens is 877 g/mol. The Morgan fingerprint density at radius 2 is 0.549 bits per heavy atom. The fraction of sp³-hybridized carbons (Fsp3) is 0.800. The van der Waals surface area contributed by atoms with Gasteiger partial charge in [-0.3, -0.25) is 14.4 Å². The second-order valence-corrected chi connectivity index (χ2v) is 20.6. The van der Waals surface area contributed by atoms with Crippen molar-refractivity contribution < 1.29 is 28.6 Å². The Kier molecular flexibility index (Phi) is 57.2. The number of unbranched alkanes of at least 4 members (excludes halogenated alkanes) is 35. The van der Waals surface area contributed by atoms with E-state index in [1.54, 1.807) is 0 Å². The zero-order chi connectivity index (χ0) is 51.4. The largest absolute Gasteiger partial charge is 0.462 e. The monoisotopic (exact) mass is 993 g/mol. The second kappa shape index (κ2) is 59.7. The zero-order valence-corrected chi connectivity index (χ0v) is 47.2. The summed E-state index contributed by atoms with van der Waals surface area (Å²) < 4.78 is 16.9. The topological polar surface area (TPSA) is 78.9 Å². The summed E-state index contributed by atoms with van der Waals surface area (Å²) in [7, 11) is 0. The Hall–Kier alpha value is -2.89. The zero-order valence-electron chi connectivity index (χ0n) is 47.2. The quantitative estimate of drug-likeness (QED) is 0.0261. The molecule has 0 N–H and O–H groups in total. The molecule has 0 aliphatic carbocycles. The predicted octanol–water partition coefficient (Wildman–Crippen LogP) is 20.8. The van der Waals surface area contributed by atoms with Crippen molar-refractivity contribution in [1.29, 1.82) is 0 Å². The van der Waals surface area contributed by atoms with Crippen LogP contribution in [0, 0.1) is 0 Å². The van der Waals surface area contributed by atoms with Gasteiger partial charge in [-0.2, -0.15) is 0 Å². The van der Waals surface area contributed by atoms with E-state index in [1.807, 2.05) is 0 Å². The van der Waals surface area contributed by atoms with Crippen LogP contribution >= 0.6 is 0 Å². The van der Waals surface area contributed by atoms with E-state index in [9.17, 15) is 14.4 Å². The summed E-state index contributed by atoms with van der Waals surface area (Å²) in [6.45, 7) is 6.53. The maximum atomic E-state index is 12.9. The maximum absolute atomic E-state index is 12.9. The fourth-order valence-electron chi connectivity index (χ4n) is 8.90. The normalized spacial score (nSPS) is 12.4. The Morgan fingerprint density at radius 1 is 0.296 bits per heavy atom. The molecule has 0 saturated heterocycles. The van der Waals surface area contributed by atoms with Gasteiger partial charge in [-0.1, -0.05) is 274 Å². The Morgan fingerprint density at radius 3 is 0.901 bits per heavy atom. The first kappa shape index (κ1) is 68.1. The summed E-state index contributed by atoms with van der Waals surface area (Å²) in [5.41, 5.74) is 0. The summed E-state index contributed by atoms with van der Waals surface area (Å²) in [5, 5.41) is 0. The van der Waals surface area contributed by atoms with Crippen LogP contribution in [0.5, 0.6) is 0 Å². The van der Waals surface area contributed by atoms with Gasteiger partial charge in [0.05, 0.1) is 0 Å². The fourth-order valence-corrected chi connectivity index (χ4v) is 8.90. The first-order valence-electron chi connectivity index (χ1n) is 30.8. The number of hydrogen-bond donors (Lipinski definition) is 0. The van der Waals surface area contributed by atoms with E-state index in [4.69, 9.17) is 14.2 Å². The number of carbonyl (C=O) groups excluding carboxylic acids is 3. The van der Waals surface area contributed by atoms with Crippen LogP contribution in [0.2, 0.25) is 0 Å². The van der Waals surface area contributed by atoms with Crippen LogP contribution in [0.3, 0.4) is 0 Å². The average molecular weight is 994 g/mol. The van der Waals surface area contributed by atoms with Gasteiger partial charge in [0.25, 0.3) is 0 Å². The van der Waals surface area contributed by atoms with E-state index >= 15 is 0 Å². The standard InChI is InChI=1S/C65H116O6/c1-4-7-10-13-16-19-22-25-28-30-31-32-33-35-37-40-43-46-49-52-55-58-64(67)70-61-62(60-69-63(66)57-54-51-48-45-42-39-36-27-24-21-18-15-12-9-6-3)71-65(68)59-56-53-50-47-44-41-38-34-29-26-23-20-17-14-11-8-5-2/h9,12,18,21,26-27,29,36,42,45,62H,4-8,10-11,13-17,19-20,22-25,28,30-35,37-41,43-44,46-61H2,1-3H3/b12-9-,21-18-,29-26-,36-27-,45-42-/t62-/m1/s1. The van der Waals surface area contributed by atoms with Crippen LogP contribution in [-0.4, -0.2) is 37.2 Å². The van der Waals surface area contributed by atoms with Crippen molar-refractivity contribution in [3.63, 3.8) is 0 Å². The molecule has 0 saturated carbocycles. The molecule has 412 valence electrons. The van der Waals surface area contributed by atoms with Crippen molar-refractivity contribution in [2.24, 2.45) is 0 Å². The number of ether oxygens (including phenoxy) is 3. The summed E-state index contributed by atoms with van der Waals surface area (Å²) >= 11 is 0. The third-order valence-corrected chi connectivity index (χ3v) is 13.5. The summed E-state index contributed by atoms with van der Waals surface area (Å²) in [4.78, 5) is 38.2. The predicted molar refractivity (Wildman–Crippen MR) is 307 cm³/mol. The van der Waals surface area contributed by atoms with Gasteiger partial charge in [-0.15, -0.1) is 0 Å². The minimum absolute atomic E-state index is 0.0861. The SMILES string of the molecule is CC/C=C\C/C=C\C/C=C\C/C=C\CCCCC(=O)OC[C@H](COC(=O)CCCCCCCCCCCCCCCCCCCCCCC)OC(=O)CCCCCCCCC/C=C\CCCCCCCC. The lowest BCUT2D eigenvalue weighted by Crippen LogP contribution is -2.30. The van der Waals surface area contributed by atoms with Gasteiger partial charge in [-0.05, 0) is 83.5 Å². The first-order valence-corrected chi connectivity index (χ1v) is 30.8. The van der Waals surface area contributed by atoms with Crippen LogP contribution in [-0.2, 0) is 28.6 Å². The van der Waals surface area contributed by atoms with Crippen LogP contribution in [0.4, 0.5) is 0 Å². The molecule has 0 unspecified atom stereocenters. The molecule has 0 fully saturated rings. The summed E-state index contributed by atoms with van der Waals surface area (Å²) in [6.07, 6.45) is 75.1. The lowest BCUT2D eigenvalue weighted by Gasteiger charge is -2.18. The molecule has 6 heteroatoms. The lowest BCUT2D eigenvalue weighted by molar-refractivity contribution is -0.167. The van der Waals surface area contributed by atoms with Crippen molar-refractivity contribution in [3.05, 3.63) is 60.8 Å². The van der Waals surface area contributed by atoms with Gasteiger partial charge < -0.3 is 14.2 Å². The number of esters is 3. The summed E-state index contributed by atoms with van der Waals surface area (Å²) in [5.74, 6) is -0.918. The van der Waals surface area contributed by atoms with E-state index in [0.717, 1.165) is 83.5 Å². The van der Waals surface area contributed by atoms with E-state index in [2.05, 4.69) is 81.5 Å². The van der Waals surface area contributed by atoms with Crippen molar-refractivity contribution in [1.82, 2.24) is 0 Å². The number of hydrogen-bond acceptors (Lipinski definition) is 6. The highest BCUT2D eigenvalue weighted by molar-refractivity contribution is 5.71. The van der Waals surface area contributed by atoms with Crippen molar-refractivity contribution in [2.45, 2.75) is 322 Å². The molecule has 71 heavy (non-hydrogen) atoms. The minimum atomic E-state index is -0.792. The molecule has 0 spiro atoms. The molecule has 0 radical (unpaired) electrons. The number of carbonyl (C=O) groups is 3. The molecule has 0 aromatic heterocycles. The molecule has 0 bridgehead atoms. The molecule has 0 aromatic carbocycles. The Bertz CT molecular complexity index is 1280. The molecule has 0 amide bonds.